The molecule has 0 aliphatic rings. The number of para-hydroxylation sites is 7. The number of nitrogens with zero attached hydrogens (tertiary/aromatic N) is 12. The van der Waals surface area contributed by atoms with Crippen molar-refractivity contribution in [3.05, 3.63) is 462 Å². The molecule has 0 aliphatic heterocycles. The number of aromatic nitrogens is 12. The fourth-order valence-corrected chi connectivity index (χ4v) is 20.0. The molecular weight excluding hydrogens is 1590 g/mol. The van der Waals surface area contributed by atoms with Crippen LogP contribution in [0, 0.1) is 0 Å². The summed E-state index contributed by atoms with van der Waals surface area (Å²) in [5, 5.41) is 17.0. The summed E-state index contributed by atoms with van der Waals surface area (Å²) in [5.74, 6) is 1.83. The fraction of sp³-hybridized carbons (Fsp3) is 0. The Bertz CT molecular complexity index is 9050. The first-order valence-corrected chi connectivity index (χ1v) is 43.9. The molecule has 0 amide bonds. The van der Waals surface area contributed by atoms with Crippen molar-refractivity contribution in [2.75, 3.05) is 0 Å². The van der Waals surface area contributed by atoms with Crippen molar-refractivity contribution in [3.63, 3.8) is 0 Å². The van der Waals surface area contributed by atoms with E-state index in [4.69, 9.17) is 19.9 Å². The minimum atomic E-state index is 0.573. The summed E-state index contributed by atoms with van der Waals surface area (Å²) in [4.78, 5) is 29.1. The standard InChI is InChI=1S/C44H28N6.C39H25N3.C35H23N3/c1-4-14-29(15-5-1)41-46-42(30-16-6-2-7-17-30)48-44(47-41)50-37-23-11-10-20-34(37)35-26-25-31(28-39(35)50)33-21-12-24-38-40(33)36-22-13-27-45-43(36)49(38)32-18-8-3-9-19-32;1-2-11-29(12-3-1)41-36-16-8-14-31(39(36)34-21-22-40-25-38(34)41)28-18-20-33-32-13-6-7-15-35(32)42(37(33)24-28)30-19-17-26-9-4-5-10-27(26)23-30;1-3-10-25(11-4-1)37-31-16-8-7-14-28(31)29-19-18-24(22-33(29)37)27-15-9-17-32-35(27)30-20-21-36-23-34(30)38(32)26-12-5-2-6-13-26/h1-28H;1-25H;1-23H. The Labute approximate surface area is 746 Å². The minimum Gasteiger partial charge on any atom is -0.309 e. The van der Waals surface area contributed by atoms with Crippen LogP contribution in [0.15, 0.2) is 462 Å². The van der Waals surface area contributed by atoms with Crippen LogP contribution in [-0.4, -0.2) is 57.3 Å². The van der Waals surface area contributed by atoms with Crippen LogP contribution in [-0.2, 0) is 0 Å². The molecule has 0 atom stereocenters. The third kappa shape index (κ3) is 12.4. The zero-order valence-corrected chi connectivity index (χ0v) is 70.2. The van der Waals surface area contributed by atoms with Crippen LogP contribution in [0.2, 0.25) is 0 Å². The molecule has 0 bridgehead atoms. The van der Waals surface area contributed by atoms with Crippen LogP contribution in [0.1, 0.15) is 0 Å². The van der Waals surface area contributed by atoms with Crippen molar-refractivity contribution in [1.29, 1.82) is 0 Å². The highest BCUT2D eigenvalue weighted by atomic mass is 15.2. The van der Waals surface area contributed by atoms with Crippen LogP contribution in [0.5, 0.6) is 0 Å². The molecule has 608 valence electrons. The highest BCUT2D eigenvalue weighted by molar-refractivity contribution is 6.21. The van der Waals surface area contributed by atoms with E-state index in [2.05, 4.69) is 395 Å². The van der Waals surface area contributed by atoms with E-state index in [9.17, 15) is 0 Å². The van der Waals surface area contributed by atoms with Crippen LogP contribution in [0.25, 0.3) is 232 Å². The van der Waals surface area contributed by atoms with E-state index in [0.29, 0.717) is 17.6 Å². The summed E-state index contributed by atoms with van der Waals surface area (Å²) in [6.07, 6.45) is 9.61. The number of rotatable bonds is 11. The Hall–Kier alpha value is -17.7. The lowest BCUT2D eigenvalue weighted by molar-refractivity contribution is 0.953. The van der Waals surface area contributed by atoms with E-state index in [1.165, 1.54) is 126 Å². The first-order valence-electron chi connectivity index (χ1n) is 43.9. The maximum absolute atomic E-state index is 5.13. The van der Waals surface area contributed by atoms with Crippen molar-refractivity contribution >= 4 is 142 Å². The van der Waals surface area contributed by atoms with Crippen molar-refractivity contribution in [2.24, 2.45) is 0 Å². The molecule has 0 N–H and O–H groups in total. The minimum absolute atomic E-state index is 0.573. The maximum atomic E-state index is 5.13. The molecule has 10 aromatic heterocycles. The van der Waals surface area contributed by atoms with Gasteiger partial charge < -0.3 is 18.3 Å². The summed E-state index contributed by atoms with van der Waals surface area (Å²) in [7, 11) is 0. The van der Waals surface area contributed by atoms with E-state index in [1.54, 1.807) is 0 Å². The summed E-state index contributed by atoms with van der Waals surface area (Å²) in [6, 6.07) is 152. The van der Waals surface area contributed by atoms with E-state index in [1.807, 2.05) is 104 Å². The first kappa shape index (κ1) is 74.8. The fourth-order valence-electron chi connectivity index (χ4n) is 20.0. The predicted molar refractivity (Wildman–Crippen MR) is 537 cm³/mol. The number of fused-ring (bicyclic) bond motifs is 19. The number of benzene rings is 17. The largest absolute Gasteiger partial charge is 0.309 e. The van der Waals surface area contributed by atoms with Gasteiger partial charge in [0.2, 0.25) is 5.95 Å². The Kier molecular flexibility index (Phi) is 18.0. The molecule has 0 fully saturated rings. The molecule has 0 saturated carbocycles. The van der Waals surface area contributed by atoms with E-state index in [-0.39, 0.29) is 0 Å². The van der Waals surface area contributed by atoms with Gasteiger partial charge in [-0.05, 0) is 184 Å². The summed E-state index contributed by atoms with van der Waals surface area (Å²) < 4.78 is 13.9. The third-order valence-electron chi connectivity index (χ3n) is 25.6. The van der Waals surface area contributed by atoms with Gasteiger partial charge in [0, 0.05) is 123 Å². The lowest BCUT2D eigenvalue weighted by Gasteiger charge is -2.12. The molecule has 130 heavy (non-hydrogen) atoms. The molecule has 0 radical (unpaired) electrons. The van der Waals surface area contributed by atoms with E-state index < -0.39 is 0 Å². The zero-order valence-electron chi connectivity index (χ0n) is 70.2. The monoisotopic (exact) mass is 1660 g/mol. The van der Waals surface area contributed by atoms with Crippen LogP contribution >= 0.6 is 0 Å². The summed E-state index contributed by atoms with van der Waals surface area (Å²) in [6.45, 7) is 0. The molecular formula is C118H76N12. The molecule has 27 rings (SSSR count). The Morgan fingerprint density at radius 3 is 0.985 bits per heavy atom. The van der Waals surface area contributed by atoms with Gasteiger partial charge >= 0.3 is 0 Å². The van der Waals surface area contributed by atoms with Crippen molar-refractivity contribution in [2.45, 2.75) is 0 Å². The van der Waals surface area contributed by atoms with Gasteiger partial charge in [-0.15, -0.1) is 0 Å². The highest BCUT2D eigenvalue weighted by Crippen LogP contribution is 2.46. The van der Waals surface area contributed by atoms with Gasteiger partial charge in [0.15, 0.2) is 11.6 Å². The van der Waals surface area contributed by atoms with Crippen LogP contribution in [0.4, 0.5) is 0 Å². The Morgan fingerprint density at radius 2 is 0.523 bits per heavy atom. The van der Waals surface area contributed by atoms with Gasteiger partial charge in [0.1, 0.15) is 5.65 Å². The quantitative estimate of drug-likeness (QED) is 0.128. The molecule has 12 nitrogen and oxygen atoms in total. The zero-order chi connectivity index (χ0) is 85.7. The van der Waals surface area contributed by atoms with E-state index in [0.717, 1.165) is 88.7 Å². The second kappa shape index (κ2) is 31.2. The SMILES string of the molecule is c1ccc(-c2nc(-c3ccccc3)nc(-n3c4ccccc4c4ccc(-c5cccc6c5c5cccnc5n6-c5ccccc5)cc43)n2)cc1.c1ccc(-n2c3ccccc3c3ccc(-c4cccc5c4c4ccncc4n5-c4ccccc4)cc32)cc1.c1ccc(-n2c3cnccc3c3c(-c4ccc5c6ccccc6n(-c6ccc7ccccc7c6)c5c4)cccc32)cc1. The average Bonchev–Trinajstić information content (AvgIpc) is 1.56. The Balaban J connectivity index is 0.000000106. The topological polar surface area (TPSA) is 107 Å². The van der Waals surface area contributed by atoms with Crippen LogP contribution in [0.3, 0.4) is 0 Å². The molecule has 10 heterocycles. The molecule has 17 aromatic carbocycles. The lowest BCUT2D eigenvalue weighted by Crippen LogP contribution is -2.06. The van der Waals surface area contributed by atoms with Gasteiger partial charge in [0.25, 0.3) is 0 Å². The second-order valence-electron chi connectivity index (χ2n) is 32.9. The summed E-state index contributed by atoms with van der Waals surface area (Å²) >= 11 is 0. The van der Waals surface area contributed by atoms with Crippen LogP contribution < -0.4 is 0 Å². The molecule has 0 spiro atoms. The predicted octanol–water partition coefficient (Wildman–Crippen LogP) is 29.5. The number of pyridine rings is 3. The molecule has 0 aliphatic carbocycles. The third-order valence-corrected chi connectivity index (χ3v) is 25.6. The molecule has 0 unspecified atom stereocenters. The van der Waals surface area contributed by atoms with Crippen molar-refractivity contribution in [1.82, 2.24) is 57.3 Å². The maximum Gasteiger partial charge on any atom is 0.238 e. The van der Waals surface area contributed by atoms with Gasteiger partial charge in [0.05, 0.1) is 73.1 Å². The molecule has 27 aromatic rings. The number of hydrogen-bond acceptors (Lipinski definition) is 6. The van der Waals surface area contributed by atoms with Gasteiger partial charge in [-0.1, -0.05) is 291 Å². The Morgan fingerprint density at radius 1 is 0.177 bits per heavy atom. The summed E-state index contributed by atoms with van der Waals surface area (Å²) in [5.41, 5.74) is 28.2. The average molecular weight is 1660 g/mol. The highest BCUT2D eigenvalue weighted by Gasteiger charge is 2.26. The van der Waals surface area contributed by atoms with Gasteiger partial charge in [-0.2, -0.15) is 9.97 Å². The molecule has 12 heteroatoms. The lowest BCUT2D eigenvalue weighted by atomic mass is 9.98. The molecule has 0 saturated heterocycles. The van der Waals surface area contributed by atoms with Crippen molar-refractivity contribution < 1.29 is 0 Å². The van der Waals surface area contributed by atoms with Gasteiger partial charge in [-0.3, -0.25) is 19.1 Å². The van der Waals surface area contributed by atoms with E-state index >= 15 is 0 Å². The normalized spacial score (nSPS) is 11.7. The first-order chi connectivity index (χ1) is 64.5. The second-order valence-corrected chi connectivity index (χ2v) is 32.9. The van der Waals surface area contributed by atoms with Crippen molar-refractivity contribution in [3.8, 4) is 90.5 Å². The number of hydrogen-bond donors (Lipinski definition) is 0. The smallest absolute Gasteiger partial charge is 0.238 e. The van der Waals surface area contributed by atoms with Gasteiger partial charge in [-0.25, -0.2) is 9.97 Å².